The first-order chi connectivity index (χ1) is 9.88. The zero-order valence-corrected chi connectivity index (χ0v) is 13.5. The van der Waals surface area contributed by atoms with E-state index in [1.165, 1.54) is 0 Å². The largest absolute Gasteiger partial charge is 0.388 e. The predicted molar refractivity (Wildman–Crippen MR) is 80.0 cm³/mol. The molecule has 1 N–H and O–H groups in total. The maximum Gasteiger partial charge on any atom is 0.227 e. The van der Waals surface area contributed by atoms with Gasteiger partial charge >= 0.3 is 0 Å². The highest BCUT2D eigenvalue weighted by atomic mass is 16.5. The first-order valence-electron chi connectivity index (χ1n) is 7.86. The molecule has 1 unspecified atom stereocenters. The van der Waals surface area contributed by atoms with E-state index in [2.05, 4.69) is 5.16 Å². The van der Waals surface area contributed by atoms with Crippen LogP contribution in [0, 0.1) is 0 Å². The minimum absolute atomic E-state index is 0.0622. The van der Waals surface area contributed by atoms with Gasteiger partial charge in [-0.05, 0) is 33.1 Å². The van der Waals surface area contributed by atoms with E-state index in [4.69, 9.17) is 4.52 Å². The standard InChI is InChI=1S/C16H26N2O3/c1-5-12-11(13(6-2)21-17-12)10-15(19)18-9-7-8-14(18)16(3,4)20/h14,20H,5-10H2,1-4H3. The SMILES string of the molecule is CCc1noc(CC)c1CC(=O)N1CCCC1C(C)(C)O. The molecule has 0 bridgehead atoms. The summed E-state index contributed by atoms with van der Waals surface area (Å²) in [5, 5.41) is 14.3. The summed E-state index contributed by atoms with van der Waals surface area (Å²) in [7, 11) is 0. The van der Waals surface area contributed by atoms with Crippen LogP contribution in [-0.4, -0.2) is 39.3 Å². The number of aryl methyl sites for hydroxylation is 2. The topological polar surface area (TPSA) is 66.6 Å². The summed E-state index contributed by atoms with van der Waals surface area (Å²) in [5.74, 6) is 0.867. The van der Waals surface area contributed by atoms with Gasteiger partial charge in [-0.2, -0.15) is 0 Å². The van der Waals surface area contributed by atoms with Crippen molar-refractivity contribution in [1.82, 2.24) is 10.1 Å². The van der Waals surface area contributed by atoms with Crippen molar-refractivity contribution in [3.8, 4) is 0 Å². The fourth-order valence-corrected chi connectivity index (χ4v) is 3.19. The van der Waals surface area contributed by atoms with E-state index in [1.807, 2.05) is 18.7 Å². The number of rotatable bonds is 5. The molecule has 0 aromatic carbocycles. The normalized spacial score (nSPS) is 19.3. The number of aliphatic hydroxyl groups is 1. The van der Waals surface area contributed by atoms with Gasteiger partial charge in [-0.1, -0.05) is 19.0 Å². The molecule has 1 aromatic heterocycles. The minimum Gasteiger partial charge on any atom is -0.388 e. The van der Waals surface area contributed by atoms with Crippen LogP contribution < -0.4 is 0 Å². The Hall–Kier alpha value is -1.36. The van der Waals surface area contributed by atoms with E-state index >= 15 is 0 Å². The molecule has 5 heteroatoms. The van der Waals surface area contributed by atoms with Crippen LogP contribution in [0.15, 0.2) is 4.52 Å². The lowest BCUT2D eigenvalue weighted by Crippen LogP contribution is -2.48. The van der Waals surface area contributed by atoms with Crippen molar-refractivity contribution >= 4 is 5.91 Å². The molecule has 0 spiro atoms. The van der Waals surface area contributed by atoms with Crippen molar-refractivity contribution < 1.29 is 14.4 Å². The minimum atomic E-state index is -0.859. The third-order valence-electron chi connectivity index (χ3n) is 4.32. The molecule has 118 valence electrons. The summed E-state index contributed by atoms with van der Waals surface area (Å²) >= 11 is 0. The van der Waals surface area contributed by atoms with Crippen LogP contribution in [0.3, 0.4) is 0 Å². The van der Waals surface area contributed by atoms with Gasteiger partial charge in [0.2, 0.25) is 5.91 Å². The van der Waals surface area contributed by atoms with Crippen molar-refractivity contribution in [3.05, 3.63) is 17.0 Å². The Morgan fingerprint density at radius 1 is 1.43 bits per heavy atom. The number of carbonyl (C=O) groups is 1. The number of hydrogen-bond acceptors (Lipinski definition) is 4. The van der Waals surface area contributed by atoms with E-state index in [0.717, 1.165) is 49.2 Å². The second-order valence-corrected chi connectivity index (χ2v) is 6.31. The molecular formula is C16H26N2O3. The van der Waals surface area contributed by atoms with E-state index in [9.17, 15) is 9.90 Å². The predicted octanol–water partition coefficient (Wildman–Crippen LogP) is 2.10. The molecular weight excluding hydrogens is 268 g/mol. The second kappa shape index (κ2) is 6.18. The molecule has 1 atom stereocenters. The van der Waals surface area contributed by atoms with Crippen molar-refractivity contribution in [2.75, 3.05) is 6.54 Å². The van der Waals surface area contributed by atoms with Crippen LogP contribution in [0.1, 0.15) is 57.6 Å². The number of amides is 1. The van der Waals surface area contributed by atoms with Gasteiger partial charge in [-0.25, -0.2) is 0 Å². The second-order valence-electron chi connectivity index (χ2n) is 6.31. The molecule has 1 aromatic rings. The monoisotopic (exact) mass is 294 g/mol. The highest BCUT2D eigenvalue weighted by Crippen LogP contribution is 2.28. The highest BCUT2D eigenvalue weighted by molar-refractivity contribution is 5.80. The number of hydrogen-bond donors (Lipinski definition) is 1. The van der Waals surface area contributed by atoms with Crippen LogP contribution in [0.4, 0.5) is 0 Å². The first-order valence-corrected chi connectivity index (χ1v) is 7.86. The van der Waals surface area contributed by atoms with Crippen LogP contribution in [0.25, 0.3) is 0 Å². The fraction of sp³-hybridized carbons (Fsp3) is 0.750. The van der Waals surface area contributed by atoms with Crippen LogP contribution in [-0.2, 0) is 24.1 Å². The van der Waals surface area contributed by atoms with E-state index in [1.54, 1.807) is 13.8 Å². The Bertz CT molecular complexity index is 481. The van der Waals surface area contributed by atoms with Gasteiger partial charge in [0, 0.05) is 18.5 Å². The molecule has 5 nitrogen and oxygen atoms in total. The van der Waals surface area contributed by atoms with Gasteiger partial charge in [-0.3, -0.25) is 4.79 Å². The summed E-state index contributed by atoms with van der Waals surface area (Å²) in [4.78, 5) is 14.5. The number of carbonyl (C=O) groups excluding carboxylic acids is 1. The van der Waals surface area contributed by atoms with Crippen molar-refractivity contribution in [2.45, 2.75) is 71.4 Å². The maximum absolute atomic E-state index is 12.7. The lowest BCUT2D eigenvalue weighted by Gasteiger charge is -2.33. The molecule has 0 saturated carbocycles. The molecule has 1 saturated heterocycles. The van der Waals surface area contributed by atoms with Gasteiger partial charge in [0.1, 0.15) is 5.76 Å². The van der Waals surface area contributed by atoms with Gasteiger partial charge in [0.15, 0.2) is 0 Å². The molecule has 1 aliphatic rings. The Morgan fingerprint density at radius 2 is 2.14 bits per heavy atom. The van der Waals surface area contributed by atoms with Crippen LogP contribution in [0.2, 0.25) is 0 Å². The van der Waals surface area contributed by atoms with Crippen molar-refractivity contribution in [3.63, 3.8) is 0 Å². The number of nitrogens with zero attached hydrogens (tertiary/aromatic N) is 2. The van der Waals surface area contributed by atoms with Crippen LogP contribution >= 0.6 is 0 Å². The summed E-state index contributed by atoms with van der Waals surface area (Å²) in [6.45, 7) is 8.29. The molecule has 1 fully saturated rings. The van der Waals surface area contributed by atoms with Gasteiger partial charge < -0.3 is 14.5 Å². The smallest absolute Gasteiger partial charge is 0.227 e. The molecule has 1 amide bonds. The Labute approximate surface area is 126 Å². The van der Waals surface area contributed by atoms with Crippen molar-refractivity contribution in [1.29, 1.82) is 0 Å². The van der Waals surface area contributed by atoms with Crippen molar-refractivity contribution in [2.24, 2.45) is 0 Å². The maximum atomic E-state index is 12.7. The van der Waals surface area contributed by atoms with E-state index in [0.29, 0.717) is 6.42 Å². The zero-order chi connectivity index (χ0) is 15.6. The van der Waals surface area contributed by atoms with Crippen LogP contribution in [0.5, 0.6) is 0 Å². The molecule has 0 aliphatic carbocycles. The average molecular weight is 294 g/mol. The first kappa shape index (κ1) is 16.0. The van der Waals surface area contributed by atoms with Gasteiger partial charge in [0.05, 0.1) is 23.8 Å². The van der Waals surface area contributed by atoms with E-state index in [-0.39, 0.29) is 11.9 Å². The summed E-state index contributed by atoms with van der Waals surface area (Å²) in [5.41, 5.74) is 0.952. The molecule has 0 radical (unpaired) electrons. The Morgan fingerprint density at radius 3 is 2.71 bits per heavy atom. The summed E-state index contributed by atoms with van der Waals surface area (Å²) in [6, 6.07) is -0.0972. The summed E-state index contributed by atoms with van der Waals surface area (Å²) in [6.07, 6.45) is 3.64. The number of aromatic nitrogens is 1. The van der Waals surface area contributed by atoms with Gasteiger partial charge in [-0.15, -0.1) is 0 Å². The van der Waals surface area contributed by atoms with Gasteiger partial charge in [0.25, 0.3) is 0 Å². The summed E-state index contributed by atoms with van der Waals surface area (Å²) < 4.78 is 5.32. The third kappa shape index (κ3) is 3.28. The Balaban J connectivity index is 2.16. The third-order valence-corrected chi connectivity index (χ3v) is 4.32. The fourth-order valence-electron chi connectivity index (χ4n) is 3.19. The molecule has 2 rings (SSSR count). The molecule has 1 aliphatic heterocycles. The zero-order valence-electron chi connectivity index (χ0n) is 13.5. The van der Waals surface area contributed by atoms with E-state index < -0.39 is 5.60 Å². The number of likely N-dealkylation sites (tertiary alicyclic amines) is 1. The highest BCUT2D eigenvalue weighted by Gasteiger charge is 2.38. The average Bonchev–Trinajstić information content (AvgIpc) is 3.04. The Kier molecular flexibility index (Phi) is 4.71. The lowest BCUT2D eigenvalue weighted by molar-refractivity contribution is -0.135. The quantitative estimate of drug-likeness (QED) is 0.903. The molecule has 21 heavy (non-hydrogen) atoms. The lowest BCUT2D eigenvalue weighted by atomic mass is 9.96. The molecule has 2 heterocycles.